The van der Waals surface area contributed by atoms with Crippen LogP contribution in [0.15, 0.2) is 0 Å². The van der Waals surface area contributed by atoms with E-state index in [4.69, 9.17) is 14.9 Å². The molecule has 6 nitrogen and oxygen atoms in total. The minimum atomic E-state index is -4.21. The van der Waals surface area contributed by atoms with Gasteiger partial charge in [0, 0.05) is 4.57 Å². The second-order valence-electron chi connectivity index (χ2n) is 1.10. The lowest BCUT2D eigenvalue weighted by Gasteiger charge is -1.94. The molecule has 0 radical (unpaired) electrons. The van der Waals surface area contributed by atoms with E-state index in [2.05, 4.69) is 4.31 Å². The van der Waals surface area contributed by atoms with Gasteiger partial charge in [0.1, 0.15) is 6.35 Å². The average Bonchev–Trinajstić information content (AvgIpc) is 1.63. The lowest BCUT2D eigenvalue weighted by Crippen LogP contribution is -1.86. The van der Waals surface area contributed by atoms with Gasteiger partial charge in [0.15, 0.2) is 0 Å². The van der Waals surface area contributed by atoms with Crippen LogP contribution in [0, 0.1) is 0 Å². The third kappa shape index (κ3) is 4.66. The third-order valence-electron chi connectivity index (χ3n) is 0.376. The first-order chi connectivity index (χ1) is 3.98. The number of rotatable bonds is 3. The van der Waals surface area contributed by atoms with Crippen LogP contribution in [0.5, 0.6) is 0 Å². The van der Waals surface area contributed by atoms with E-state index in [9.17, 15) is 9.13 Å². The van der Waals surface area contributed by atoms with Gasteiger partial charge in [0.2, 0.25) is 0 Å². The Balaban J connectivity index is 3.88. The highest BCUT2D eigenvalue weighted by atomic mass is 31.2. The lowest BCUT2D eigenvalue weighted by atomic mass is 11.7. The monoisotopic (exact) mass is 175 g/mol. The van der Waals surface area contributed by atoms with Crippen molar-refractivity contribution in [2.75, 3.05) is 6.35 Å². The van der Waals surface area contributed by atoms with Gasteiger partial charge in [0.05, 0.1) is 0 Å². The Labute approximate surface area is 51.6 Å². The maximum Gasteiger partial charge on any atom is 0.703 e. The summed E-state index contributed by atoms with van der Waals surface area (Å²) in [5, 5.41) is 7.97. The van der Waals surface area contributed by atoms with Crippen LogP contribution in [-0.2, 0) is 13.4 Å². The van der Waals surface area contributed by atoms with Crippen molar-refractivity contribution in [3.8, 4) is 0 Å². The molecule has 0 aliphatic heterocycles. The van der Waals surface area contributed by atoms with Crippen LogP contribution in [0.25, 0.3) is 0 Å². The molecule has 3 N–H and O–H groups in total. The fraction of sp³-hybridized carbons (Fsp3) is 1.00. The maximum absolute atomic E-state index is 10.1. The van der Waals surface area contributed by atoms with Gasteiger partial charge < -0.3 is 10.00 Å². The van der Waals surface area contributed by atoms with E-state index >= 15 is 0 Å². The summed E-state index contributed by atoms with van der Waals surface area (Å²) in [6, 6.07) is 0. The van der Waals surface area contributed by atoms with Crippen molar-refractivity contribution in [2.45, 2.75) is 0 Å². The van der Waals surface area contributed by atoms with Gasteiger partial charge in [-0.3, -0.25) is 4.57 Å². The summed E-state index contributed by atoms with van der Waals surface area (Å²) in [5.41, 5.74) is 0. The van der Waals surface area contributed by atoms with Crippen molar-refractivity contribution in [1.29, 1.82) is 0 Å². The highest BCUT2D eigenvalue weighted by Crippen LogP contribution is 2.48. The predicted molar refractivity (Wildman–Crippen MR) is 27.8 cm³/mol. The molecule has 2 unspecified atom stereocenters. The van der Waals surface area contributed by atoms with Crippen molar-refractivity contribution in [1.82, 2.24) is 0 Å². The first-order valence-corrected chi connectivity index (χ1v) is 4.66. The summed E-state index contributed by atoms with van der Waals surface area (Å²) in [6.07, 6.45) is -1.16. The summed E-state index contributed by atoms with van der Waals surface area (Å²) >= 11 is 0. The fourth-order valence-corrected chi connectivity index (χ4v) is 1.21. The minimum absolute atomic E-state index is 1.16. The second-order valence-corrected chi connectivity index (χ2v) is 3.78. The van der Waals surface area contributed by atoms with Gasteiger partial charge >= 0.3 is 15.9 Å². The van der Waals surface area contributed by atoms with Crippen LogP contribution < -0.4 is 0 Å². The molecule has 0 amide bonds. The number of aliphatic hydroxyl groups excluding tert-OH is 1. The Hall–Kier alpha value is 0.170. The van der Waals surface area contributed by atoms with E-state index in [1.54, 1.807) is 0 Å². The summed E-state index contributed by atoms with van der Waals surface area (Å²) in [4.78, 5) is 16.1. The molecule has 0 bridgehead atoms. The van der Waals surface area contributed by atoms with E-state index in [0.717, 1.165) is 0 Å². The van der Waals surface area contributed by atoms with Crippen LogP contribution in [0.3, 0.4) is 0 Å². The van der Waals surface area contributed by atoms with Gasteiger partial charge in [-0.05, 0) is 4.31 Å². The Morgan fingerprint density at radius 2 is 2.11 bits per heavy atom. The summed E-state index contributed by atoms with van der Waals surface area (Å²) in [7, 11) is -7.33. The molecule has 0 aliphatic carbocycles. The van der Waals surface area contributed by atoms with Crippen LogP contribution in [0.2, 0.25) is 0 Å². The van der Waals surface area contributed by atoms with E-state index < -0.39 is 22.2 Å². The predicted octanol–water partition coefficient (Wildman–Crippen LogP) is -0.212. The normalized spacial score (nSPS) is 18.8. The molecule has 0 aliphatic rings. The first kappa shape index (κ1) is 9.17. The van der Waals surface area contributed by atoms with Gasteiger partial charge in [-0.25, -0.2) is 0 Å². The van der Waals surface area contributed by atoms with Crippen LogP contribution in [0.4, 0.5) is 0 Å². The largest absolute Gasteiger partial charge is 0.703 e. The van der Waals surface area contributed by atoms with Crippen molar-refractivity contribution >= 4 is 15.9 Å². The molecule has 0 aromatic heterocycles. The summed E-state index contributed by atoms with van der Waals surface area (Å²) in [5.74, 6) is 0. The maximum atomic E-state index is 10.1. The van der Waals surface area contributed by atoms with Crippen molar-refractivity contribution in [2.24, 2.45) is 0 Å². The number of hydrogen-bond donors (Lipinski definition) is 3. The Morgan fingerprint density at radius 3 is 2.22 bits per heavy atom. The molecule has 2 atom stereocenters. The Morgan fingerprint density at radius 1 is 1.67 bits per heavy atom. The number of aliphatic hydroxyl groups is 1. The number of hydrogen-bond acceptors (Lipinski definition) is 4. The van der Waals surface area contributed by atoms with Gasteiger partial charge in [-0.2, -0.15) is 0 Å². The SMILES string of the molecule is O=[P+](O)OP(=O)(O)CO. The average molecular weight is 175 g/mol. The zero-order valence-electron chi connectivity index (χ0n) is 4.17. The van der Waals surface area contributed by atoms with E-state index in [1.807, 2.05) is 0 Å². The zero-order chi connectivity index (χ0) is 7.49. The molecule has 8 heteroatoms. The molecule has 0 fully saturated rings. The van der Waals surface area contributed by atoms with Crippen molar-refractivity contribution in [3.05, 3.63) is 0 Å². The molecule has 0 heterocycles. The topological polar surface area (TPSA) is 104 Å². The fourth-order valence-electron chi connectivity index (χ4n) is 0.135. The first-order valence-electron chi connectivity index (χ1n) is 1.76. The van der Waals surface area contributed by atoms with Crippen LogP contribution >= 0.6 is 15.9 Å². The van der Waals surface area contributed by atoms with Gasteiger partial charge in [-0.15, -0.1) is 4.89 Å². The van der Waals surface area contributed by atoms with Crippen LogP contribution in [0.1, 0.15) is 0 Å². The Bertz CT molecular complexity index is 151. The standard InChI is InChI=1S/CH4O6P2/c2-1-9(5,6)7-8(3)4/h2H,1H2,(H-,3,4,5,6)/p+1. The molecular weight excluding hydrogens is 170 g/mol. The molecule has 0 aromatic carbocycles. The second kappa shape index (κ2) is 3.37. The molecule has 54 valence electrons. The summed E-state index contributed by atoms with van der Waals surface area (Å²) < 4.78 is 23.3. The highest BCUT2D eigenvalue weighted by molar-refractivity contribution is 7.59. The van der Waals surface area contributed by atoms with Crippen molar-refractivity contribution < 1.29 is 28.3 Å². The van der Waals surface area contributed by atoms with Crippen LogP contribution in [-0.4, -0.2) is 21.2 Å². The molecule has 9 heavy (non-hydrogen) atoms. The summed E-state index contributed by atoms with van der Waals surface area (Å²) in [6.45, 7) is 0. The minimum Gasteiger partial charge on any atom is -0.384 e. The van der Waals surface area contributed by atoms with Gasteiger partial charge in [-0.1, -0.05) is 0 Å². The lowest BCUT2D eigenvalue weighted by molar-refractivity contribution is 0.285. The third-order valence-corrected chi connectivity index (χ3v) is 2.31. The van der Waals surface area contributed by atoms with Crippen molar-refractivity contribution in [3.63, 3.8) is 0 Å². The molecule has 0 aromatic rings. The quantitative estimate of drug-likeness (QED) is 0.512. The molecule has 0 rings (SSSR count). The highest BCUT2D eigenvalue weighted by Gasteiger charge is 2.31. The zero-order valence-corrected chi connectivity index (χ0v) is 5.96. The van der Waals surface area contributed by atoms with E-state index in [0.29, 0.717) is 0 Å². The molecule has 0 spiro atoms. The molecule has 0 saturated carbocycles. The van der Waals surface area contributed by atoms with Gasteiger partial charge in [0.25, 0.3) is 0 Å². The molecular formula is CH5O6P2+. The smallest absolute Gasteiger partial charge is 0.384 e. The van der Waals surface area contributed by atoms with E-state index in [1.165, 1.54) is 0 Å². The van der Waals surface area contributed by atoms with E-state index in [-0.39, 0.29) is 0 Å². The molecule has 0 saturated heterocycles. The Kier molecular flexibility index (Phi) is 3.43.